The summed E-state index contributed by atoms with van der Waals surface area (Å²) in [5.41, 5.74) is 8.13. The van der Waals surface area contributed by atoms with Crippen LogP contribution in [0.5, 0.6) is 6.01 Å². The van der Waals surface area contributed by atoms with Crippen LogP contribution in [0.25, 0.3) is 43.4 Å². The summed E-state index contributed by atoms with van der Waals surface area (Å²) in [4.78, 5) is 15.3. The maximum absolute atomic E-state index is 16.5. The zero-order valence-corrected chi connectivity index (χ0v) is 19.5. The monoisotopic (exact) mass is 494 g/mol. The summed E-state index contributed by atoms with van der Waals surface area (Å²) in [7, 11) is 1.45. The molecule has 35 heavy (non-hydrogen) atoms. The summed E-state index contributed by atoms with van der Waals surface area (Å²) in [6.45, 7) is 2.97. The predicted molar refractivity (Wildman–Crippen MR) is 132 cm³/mol. The van der Waals surface area contributed by atoms with Crippen molar-refractivity contribution < 1.29 is 17.9 Å². The van der Waals surface area contributed by atoms with Gasteiger partial charge in [0.25, 0.3) is 0 Å². The summed E-state index contributed by atoms with van der Waals surface area (Å²) < 4.78 is 42.0. The van der Waals surface area contributed by atoms with Crippen LogP contribution in [0.15, 0.2) is 41.2 Å². The molecule has 11 heteroatoms. The van der Waals surface area contributed by atoms with Gasteiger partial charge in [0.2, 0.25) is 0 Å². The molecule has 0 unspecified atom stereocenters. The summed E-state index contributed by atoms with van der Waals surface area (Å²) in [6.07, 6.45) is 3.05. The highest BCUT2D eigenvalue weighted by Crippen LogP contribution is 2.44. The van der Waals surface area contributed by atoms with Crippen LogP contribution in [0.2, 0.25) is 0 Å². The Hall–Kier alpha value is -3.83. The number of hydrogen-bond donors (Lipinski definition) is 2. The van der Waals surface area contributed by atoms with E-state index in [9.17, 15) is 4.39 Å². The minimum atomic E-state index is -0.588. The number of nitrogens with two attached hydrogens (primary N) is 1. The lowest BCUT2D eigenvalue weighted by Gasteiger charge is -2.29. The van der Waals surface area contributed by atoms with Crippen molar-refractivity contribution >= 4 is 43.4 Å². The third-order valence-corrected chi connectivity index (χ3v) is 7.00. The van der Waals surface area contributed by atoms with E-state index in [2.05, 4.69) is 25.2 Å². The molecule has 3 aromatic heterocycles. The van der Waals surface area contributed by atoms with Gasteiger partial charge in [-0.2, -0.15) is 9.97 Å². The van der Waals surface area contributed by atoms with Crippen molar-refractivity contribution in [1.82, 2.24) is 20.3 Å². The maximum Gasteiger partial charge on any atom is 0.318 e. The van der Waals surface area contributed by atoms with Crippen LogP contribution in [0.1, 0.15) is 0 Å². The van der Waals surface area contributed by atoms with Crippen molar-refractivity contribution in [3.05, 3.63) is 48.4 Å². The molecule has 1 aliphatic rings. The average Bonchev–Trinajstić information content (AvgIpc) is 3.55. The molecule has 3 N–H and O–H groups in total. The number of nitrogens with zero attached hydrogens (tertiary/aromatic N) is 4. The third kappa shape index (κ3) is 3.55. The second-order valence-corrected chi connectivity index (χ2v) is 9.15. The fraction of sp³-hybridized carbons (Fsp3) is 0.208. The number of piperazine rings is 1. The van der Waals surface area contributed by atoms with Crippen LogP contribution in [-0.2, 0) is 0 Å². The van der Waals surface area contributed by atoms with Crippen molar-refractivity contribution in [3.63, 3.8) is 0 Å². The molecule has 8 nitrogen and oxygen atoms in total. The molecule has 0 aliphatic carbocycles. The zero-order valence-electron chi connectivity index (χ0n) is 18.6. The van der Waals surface area contributed by atoms with Crippen molar-refractivity contribution in [2.24, 2.45) is 0 Å². The first kappa shape index (κ1) is 21.7. The molecule has 178 valence electrons. The normalized spacial score (nSPS) is 14.2. The molecule has 0 saturated carbocycles. The standard InChI is InChI=1S/C24H20F2N6O2S/c1-33-24-30-19-15(22(31-24)32-7-5-28-6-8-32)10-14(12-4-9-34-11-12)17(18(19)26)13-2-3-16(25)21-20(13)29-23(27)35-21/h2-4,9-11,28H,5-8H2,1H3,(H2,27,29). The van der Waals surface area contributed by atoms with Crippen molar-refractivity contribution in [2.75, 3.05) is 43.9 Å². The number of furan rings is 1. The van der Waals surface area contributed by atoms with Gasteiger partial charge in [0.1, 0.15) is 17.2 Å². The Labute approximate surface area is 202 Å². The largest absolute Gasteiger partial charge is 0.472 e. The van der Waals surface area contributed by atoms with Gasteiger partial charge in [-0.05, 0) is 29.8 Å². The van der Waals surface area contributed by atoms with Crippen molar-refractivity contribution in [3.8, 4) is 28.3 Å². The van der Waals surface area contributed by atoms with E-state index in [0.717, 1.165) is 24.4 Å². The van der Waals surface area contributed by atoms with Gasteiger partial charge < -0.3 is 25.1 Å². The second kappa shape index (κ2) is 8.43. The number of nitrogens with one attached hydrogen (secondary N) is 1. The van der Waals surface area contributed by atoms with E-state index in [1.54, 1.807) is 6.07 Å². The number of ether oxygens (including phenoxy) is 1. The Morgan fingerprint density at radius 2 is 1.91 bits per heavy atom. The number of anilines is 2. The molecule has 0 spiro atoms. The Morgan fingerprint density at radius 1 is 1.09 bits per heavy atom. The molecule has 4 heterocycles. The van der Waals surface area contributed by atoms with Gasteiger partial charge in [0.15, 0.2) is 10.9 Å². The quantitative estimate of drug-likeness (QED) is 0.378. The summed E-state index contributed by atoms with van der Waals surface area (Å²) in [5.74, 6) is -0.463. The van der Waals surface area contributed by atoms with Crippen LogP contribution in [-0.4, -0.2) is 48.2 Å². The SMILES string of the molecule is COc1nc(N2CCNCC2)c2cc(-c3ccoc3)c(-c3ccc(F)c4sc(N)nc34)c(F)c2n1. The molecule has 0 atom stereocenters. The van der Waals surface area contributed by atoms with Gasteiger partial charge in [-0.25, -0.2) is 13.8 Å². The molecule has 0 radical (unpaired) electrons. The highest BCUT2D eigenvalue weighted by Gasteiger charge is 2.26. The van der Waals surface area contributed by atoms with Gasteiger partial charge >= 0.3 is 6.01 Å². The summed E-state index contributed by atoms with van der Waals surface area (Å²) >= 11 is 1.02. The summed E-state index contributed by atoms with van der Waals surface area (Å²) in [5, 5.41) is 4.05. The number of aromatic nitrogens is 3. The zero-order chi connectivity index (χ0) is 24.1. The molecule has 0 amide bonds. The second-order valence-electron chi connectivity index (χ2n) is 8.12. The van der Waals surface area contributed by atoms with E-state index in [-0.39, 0.29) is 26.9 Å². The lowest BCUT2D eigenvalue weighted by atomic mass is 9.92. The first-order valence-corrected chi connectivity index (χ1v) is 11.8. The first-order valence-electron chi connectivity index (χ1n) is 11.0. The highest BCUT2D eigenvalue weighted by atomic mass is 32.1. The Kier molecular flexibility index (Phi) is 5.23. The molecule has 0 bridgehead atoms. The van der Waals surface area contributed by atoms with Crippen LogP contribution in [0.4, 0.5) is 19.7 Å². The molecule has 2 aromatic carbocycles. The number of fused-ring (bicyclic) bond motifs is 2. The molecule has 6 rings (SSSR count). The van der Waals surface area contributed by atoms with Gasteiger partial charge in [-0.3, -0.25) is 0 Å². The number of hydrogen-bond acceptors (Lipinski definition) is 9. The van der Waals surface area contributed by atoms with Crippen LogP contribution in [0.3, 0.4) is 0 Å². The summed E-state index contributed by atoms with van der Waals surface area (Å²) in [6, 6.07) is 6.47. The molecule has 1 aliphatic heterocycles. The molecular weight excluding hydrogens is 474 g/mol. The number of methoxy groups -OCH3 is 1. The van der Waals surface area contributed by atoms with Crippen LogP contribution < -0.4 is 20.7 Å². The number of benzene rings is 2. The van der Waals surface area contributed by atoms with Gasteiger partial charge in [-0.15, -0.1) is 0 Å². The maximum atomic E-state index is 16.5. The van der Waals surface area contributed by atoms with Gasteiger partial charge in [-0.1, -0.05) is 11.3 Å². The Balaban J connectivity index is 1.71. The predicted octanol–water partition coefficient (Wildman–Crippen LogP) is 4.45. The van der Waals surface area contributed by atoms with E-state index in [1.807, 2.05) is 6.07 Å². The van der Waals surface area contributed by atoms with Gasteiger partial charge in [0, 0.05) is 48.3 Å². The van der Waals surface area contributed by atoms with Crippen molar-refractivity contribution in [1.29, 1.82) is 0 Å². The molecule has 1 fully saturated rings. The lowest BCUT2D eigenvalue weighted by Crippen LogP contribution is -2.44. The molecular formula is C24H20F2N6O2S. The number of halogens is 2. The minimum absolute atomic E-state index is 0.0640. The highest BCUT2D eigenvalue weighted by molar-refractivity contribution is 7.22. The number of rotatable bonds is 4. The average molecular weight is 495 g/mol. The third-order valence-electron chi connectivity index (χ3n) is 6.10. The van der Waals surface area contributed by atoms with Gasteiger partial charge in [0.05, 0.1) is 29.9 Å². The van der Waals surface area contributed by atoms with Crippen LogP contribution >= 0.6 is 11.3 Å². The molecule has 5 aromatic rings. The Morgan fingerprint density at radius 3 is 2.66 bits per heavy atom. The number of thiazole rings is 1. The fourth-order valence-corrected chi connectivity index (χ4v) is 5.27. The van der Waals surface area contributed by atoms with Crippen LogP contribution in [0, 0.1) is 11.6 Å². The lowest BCUT2D eigenvalue weighted by molar-refractivity contribution is 0.381. The van der Waals surface area contributed by atoms with E-state index in [0.29, 0.717) is 46.5 Å². The minimum Gasteiger partial charge on any atom is -0.472 e. The van der Waals surface area contributed by atoms with E-state index < -0.39 is 11.6 Å². The smallest absolute Gasteiger partial charge is 0.318 e. The molecule has 1 saturated heterocycles. The van der Waals surface area contributed by atoms with E-state index in [1.165, 1.54) is 31.8 Å². The fourth-order valence-electron chi connectivity index (χ4n) is 4.50. The van der Waals surface area contributed by atoms with E-state index in [4.69, 9.17) is 14.9 Å². The number of nitrogen functional groups attached to an aromatic ring is 1. The Bertz CT molecular complexity index is 1560. The topological polar surface area (TPSA) is 102 Å². The van der Waals surface area contributed by atoms with E-state index >= 15 is 4.39 Å². The van der Waals surface area contributed by atoms with Crippen molar-refractivity contribution in [2.45, 2.75) is 0 Å². The first-order chi connectivity index (χ1) is 17.0.